The number of nitrogens with zero attached hydrogens (tertiary/aromatic N) is 1. The van der Waals surface area contributed by atoms with Crippen LogP contribution in [0.15, 0.2) is 18.2 Å². The first-order chi connectivity index (χ1) is 7.14. The second-order valence-electron chi connectivity index (χ2n) is 4.13. The van der Waals surface area contributed by atoms with Gasteiger partial charge in [0.1, 0.15) is 0 Å². The van der Waals surface area contributed by atoms with Crippen LogP contribution in [-0.4, -0.2) is 11.7 Å². The van der Waals surface area contributed by atoms with Crippen molar-refractivity contribution in [1.82, 2.24) is 0 Å². The molecule has 0 amide bonds. The SMILES string of the molecule is Cc1ccc([C@]2(C#N)C[C@H]2CO)cc1Cl. The Morgan fingerprint density at radius 3 is 2.87 bits per heavy atom. The van der Waals surface area contributed by atoms with E-state index >= 15 is 0 Å². The number of hydrogen-bond donors (Lipinski definition) is 1. The fraction of sp³-hybridized carbons (Fsp3) is 0.417. The minimum atomic E-state index is -0.494. The number of aryl methyl sites for hydroxylation is 1. The van der Waals surface area contributed by atoms with E-state index in [2.05, 4.69) is 6.07 Å². The lowest BCUT2D eigenvalue weighted by molar-refractivity contribution is 0.269. The molecule has 78 valence electrons. The van der Waals surface area contributed by atoms with Crippen LogP contribution < -0.4 is 0 Å². The molecule has 0 unspecified atom stereocenters. The van der Waals surface area contributed by atoms with Gasteiger partial charge in [-0.05, 0) is 30.5 Å². The number of hydrogen-bond acceptors (Lipinski definition) is 2. The highest BCUT2D eigenvalue weighted by Gasteiger charge is 2.55. The summed E-state index contributed by atoms with van der Waals surface area (Å²) in [5.41, 5.74) is 1.45. The number of nitriles is 1. The summed E-state index contributed by atoms with van der Waals surface area (Å²) in [4.78, 5) is 0. The van der Waals surface area contributed by atoms with E-state index in [-0.39, 0.29) is 12.5 Å². The Morgan fingerprint density at radius 2 is 2.40 bits per heavy atom. The van der Waals surface area contributed by atoms with Crippen LogP contribution in [0, 0.1) is 24.2 Å². The molecular weight excluding hydrogens is 210 g/mol. The monoisotopic (exact) mass is 221 g/mol. The van der Waals surface area contributed by atoms with Gasteiger partial charge in [0, 0.05) is 17.5 Å². The maximum atomic E-state index is 9.17. The predicted octanol–water partition coefficient (Wildman–Crippen LogP) is 2.42. The molecular formula is C12H12ClNO. The lowest BCUT2D eigenvalue weighted by Gasteiger charge is -2.09. The van der Waals surface area contributed by atoms with Gasteiger partial charge in [0.25, 0.3) is 0 Å². The molecule has 0 bridgehead atoms. The van der Waals surface area contributed by atoms with Crippen LogP contribution in [0.2, 0.25) is 5.02 Å². The summed E-state index contributed by atoms with van der Waals surface area (Å²) in [6.45, 7) is 2.00. The maximum absolute atomic E-state index is 9.17. The van der Waals surface area contributed by atoms with Gasteiger partial charge in [-0.3, -0.25) is 0 Å². The fourth-order valence-corrected chi connectivity index (χ4v) is 2.16. The zero-order chi connectivity index (χ0) is 11.1. The summed E-state index contributed by atoms with van der Waals surface area (Å²) in [5, 5.41) is 18.9. The van der Waals surface area contributed by atoms with Crippen molar-refractivity contribution in [3.8, 4) is 6.07 Å². The van der Waals surface area contributed by atoms with Crippen LogP contribution in [0.4, 0.5) is 0 Å². The molecule has 1 N–H and O–H groups in total. The molecule has 0 radical (unpaired) electrons. The van der Waals surface area contributed by atoms with E-state index in [0.717, 1.165) is 17.5 Å². The minimum absolute atomic E-state index is 0.0685. The number of rotatable bonds is 2. The molecule has 0 aliphatic heterocycles. The van der Waals surface area contributed by atoms with Crippen molar-refractivity contribution >= 4 is 11.6 Å². The zero-order valence-corrected chi connectivity index (χ0v) is 9.25. The van der Waals surface area contributed by atoms with Crippen LogP contribution in [0.5, 0.6) is 0 Å². The van der Waals surface area contributed by atoms with Crippen molar-refractivity contribution in [2.24, 2.45) is 5.92 Å². The Bertz CT molecular complexity index is 438. The van der Waals surface area contributed by atoms with Crippen molar-refractivity contribution < 1.29 is 5.11 Å². The van der Waals surface area contributed by atoms with Gasteiger partial charge in [-0.2, -0.15) is 5.26 Å². The number of halogens is 1. The zero-order valence-electron chi connectivity index (χ0n) is 8.50. The highest BCUT2D eigenvalue weighted by molar-refractivity contribution is 6.31. The van der Waals surface area contributed by atoms with Crippen LogP contribution in [0.25, 0.3) is 0 Å². The normalized spacial score (nSPS) is 28.5. The average Bonchev–Trinajstić information content (AvgIpc) is 2.97. The predicted molar refractivity (Wildman–Crippen MR) is 58.7 cm³/mol. The van der Waals surface area contributed by atoms with E-state index in [4.69, 9.17) is 22.0 Å². The van der Waals surface area contributed by atoms with Crippen LogP contribution in [0.1, 0.15) is 17.5 Å². The van der Waals surface area contributed by atoms with Gasteiger partial charge in [-0.25, -0.2) is 0 Å². The molecule has 2 nitrogen and oxygen atoms in total. The average molecular weight is 222 g/mol. The van der Waals surface area contributed by atoms with Gasteiger partial charge in [-0.1, -0.05) is 23.7 Å². The van der Waals surface area contributed by atoms with Crippen LogP contribution in [-0.2, 0) is 5.41 Å². The summed E-state index contributed by atoms with van der Waals surface area (Å²) in [7, 11) is 0. The van der Waals surface area contributed by atoms with Crippen molar-refractivity contribution in [2.45, 2.75) is 18.8 Å². The summed E-state index contributed by atoms with van der Waals surface area (Å²) in [6, 6.07) is 7.99. The van der Waals surface area contributed by atoms with Gasteiger partial charge in [0.05, 0.1) is 11.5 Å². The topological polar surface area (TPSA) is 44.0 Å². The van der Waals surface area contributed by atoms with E-state index in [1.54, 1.807) is 0 Å². The Morgan fingerprint density at radius 1 is 1.67 bits per heavy atom. The largest absolute Gasteiger partial charge is 0.396 e. The molecule has 3 heteroatoms. The summed E-state index contributed by atoms with van der Waals surface area (Å²) in [6.07, 6.45) is 0.736. The lowest BCUT2D eigenvalue weighted by Crippen LogP contribution is -2.09. The Hall–Kier alpha value is -1.04. The molecule has 0 spiro atoms. The van der Waals surface area contributed by atoms with Crippen molar-refractivity contribution in [3.05, 3.63) is 34.3 Å². The molecule has 1 saturated carbocycles. The second kappa shape index (κ2) is 3.52. The molecule has 1 aromatic carbocycles. The summed E-state index contributed by atoms with van der Waals surface area (Å²) in [5.74, 6) is 0.0706. The van der Waals surface area contributed by atoms with Crippen molar-refractivity contribution in [1.29, 1.82) is 5.26 Å². The smallest absolute Gasteiger partial charge is 0.0877 e. The quantitative estimate of drug-likeness (QED) is 0.834. The van der Waals surface area contributed by atoms with Crippen LogP contribution >= 0.6 is 11.6 Å². The summed E-state index contributed by atoms with van der Waals surface area (Å²) >= 11 is 6.02. The maximum Gasteiger partial charge on any atom is 0.0877 e. The molecule has 2 rings (SSSR count). The standard InChI is InChI=1S/C12H12ClNO/c1-8-2-3-9(4-11(8)13)12(7-14)5-10(12)6-15/h2-4,10,15H,5-6H2,1H3/t10-,12+/m0/s1. The molecule has 0 aromatic heterocycles. The number of benzene rings is 1. The summed E-state index contributed by atoms with van der Waals surface area (Å²) < 4.78 is 0. The van der Waals surface area contributed by atoms with E-state index in [1.165, 1.54) is 0 Å². The van der Waals surface area contributed by atoms with E-state index in [1.807, 2.05) is 25.1 Å². The highest BCUT2D eigenvalue weighted by atomic mass is 35.5. The molecule has 1 aromatic rings. The number of aliphatic hydroxyl groups is 1. The van der Waals surface area contributed by atoms with Crippen LogP contribution in [0.3, 0.4) is 0 Å². The van der Waals surface area contributed by atoms with Gasteiger partial charge in [0.15, 0.2) is 0 Å². The fourth-order valence-electron chi connectivity index (χ4n) is 1.98. The third kappa shape index (κ3) is 1.52. The van der Waals surface area contributed by atoms with Crippen molar-refractivity contribution in [2.75, 3.05) is 6.61 Å². The molecule has 1 fully saturated rings. The van der Waals surface area contributed by atoms with E-state index in [0.29, 0.717) is 5.02 Å². The second-order valence-corrected chi connectivity index (χ2v) is 4.54. The molecule has 2 atom stereocenters. The Labute approximate surface area is 94.1 Å². The minimum Gasteiger partial charge on any atom is -0.396 e. The molecule has 1 aliphatic rings. The van der Waals surface area contributed by atoms with Gasteiger partial charge < -0.3 is 5.11 Å². The first-order valence-electron chi connectivity index (χ1n) is 4.93. The number of aliphatic hydroxyl groups excluding tert-OH is 1. The van der Waals surface area contributed by atoms with Gasteiger partial charge in [0.2, 0.25) is 0 Å². The Balaban J connectivity index is 2.39. The highest BCUT2D eigenvalue weighted by Crippen LogP contribution is 2.53. The first kappa shape index (κ1) is 10.5. The third-order valence-corrected chi connectivity index (χ3v) is 3.62. The third-order valence-electron chi connectivity index (χ3n) is 3.21. The lowest BCUT2D eigenvalue weighted by atomic mass is 9.94. The first-order valence-corrected chi connectivity index (χ1v) is 5.30. The molecule has 1 aliphatic carbocycles. The van der Waals surface area contributed by atoms with Gasteiger partial charge >= 0.3 is 0 Å². The molecule has 0 heterocycles. The van der Waals surface area contributed by atoms with Crippen molar-refractivity contribution in [3.63, 3.8) is 0 Å². The van der Waals surface area contributed by atoms with E-state index < -0.39 is 5.41 Å². The van der Waals surface area contributed by atoms with Gasteiger partial charge in [-0.15, -0.1) is 0 Å². The molecule has 15 heavy (non-hydrogen) atoms. The Kier molecular flexibility index (Phi) is 2.46. The molecule has 0 saturated heterocycles. The van der Waals surface area contributed by atoms with E-state index in [9.17, 15) is 0 Å².